The van der Waals surface area contributed by atoms with Crippen LogP contribution in [-0.4, -0.2) is 34.4 Å². The van der Waals surface area contributed by atoms with Crippen LogP contribution in [0.25, 0.3) is 10.9 Å². The van der Waals surface area contributed by atoms with E-state index in [1.807, 2.05) is 73.7 Å². The van der Waals surface area contributed by atoms with Crippen molar-refractivity contribution in [2.45, 2.75) is 38.6 Å². The minimum Gasteiger partial charge on any atom is -0.497 e. The number of fused-ring (bicyclic) bond motifs is 1. The van der Waals surface area contributed by atoms with Crippen LogP contribution in [0, 0.1) is 0 Å². The van der Waals surface area contributed by atoms with E-state index in [1.165, 1.54) is 0 Å². The number of aromatic nitrogens is 2. The van der Waals surface area contributed by atoms with Crippen molar-refractivity contribution in [3.05, 3.63) is 101 Å². The highest BCUT2D eigenvalue weighted by Crippen LogP contribution is 2.22. The lowest BCUT2D eigenvalue weighted by Gasteiger charge is -2.21. The predicted octanol–water partition coefficient (Wildman–Crippen LogP) is 4.09. The van der Waals surface area contributed by atoms with Gasteiger partial charge < -0.3 is 19.9 Å². The van der Waals surface area contributed by atoms with Crippen LogP contribution >= 0.6 is 0 Å². The molecular formula is C28H31N3O4. The molecule has 35 heavy (non-hydrogen) atoms. The lowest BCUT2D eigenvalue weighted by atomic mass is 10.0. The summed E-state index contributed by atoms with van der Waals surface area (Å²) in [5.74, 6) is 1.53. The van der Waals surface area contributed by atoms with Crippen LogP contribution in [0.2, 0.25) is 0 Å². The summed E-state index contributed by atoms with van der Waals surface area (Å²) in [6.07, 6.45) is 1.68. The van der Waals surface area contributed by atoms with Crippen LogP contribution in [0.4, 0.5) is 0 Å². The van der Waals surface area contributed by atoms with Crippen molar-refractivity contribution < 1.29 is 14.6 Å². The molecule has 4 aromatic rings. The highest BCUT2D eigenvalue weighted by atomic mass is 16.5. The first-order valence-corrected chi connectivity index (χ1v) is 11.8. The lowest BCUT2D eigenvalue weighted by molar-refractivity contribution is 0.135. The number of aliphatic hydroxyl groups excluding tert-OH is 1. The van der Waals surface area contributed by atoms with Gasteiger partial charge in [0.1, 0.15) is 18.1 Å². The number of ether oxygens (including phenoxy) is 2. The molecule has 7 heteroatoms. The zero-order valence-corrected chi connectivity index (χ0v) is 20.1. The van der Waals surface area contributed by atoms with Gasteiger partial charge in [-0.25, -0.2) is 4.98 Å². The van der Waals surface area contributed by atoms with Crippen molar-refractivity contribution in [3.8, 4) is 11.5 Å². The summed E-state index contributed by atoms with van der Waals surface area (Å²) in [7, 11) is 1.64. The molecule has 0 aliphatic carbocycles. The third-order valence-corrected chi connectivity index (χ3v) is 6.01. The first-order valence-electron chi connectivity index (χ1n) is 11.8. The third-order valence-electron chi connectivity index (χ3n) is 6.01. The molecule has 0 bridgehead atoms. The van der Waals surface area contributed by atoms with E-state index in [2.05, 4.69) is 10.3 Å². The van der Waals surface area contributed by atoms with Crippen molar-refractivity contribution in [3.63, 3.8) is 0 Å². The van der Waals surface area contributed by atoms with Gasteiger partial charge in [0.2, 0.25) is 0 Å². The molecule has 2 N–H and O–H groups in total. The fraction of sp³-hybridized carbons (Fsp3) is 0.286. The quantitative estimate of drug-likeness (QED) is 0.319. The molecule has 0 aliphatic heterocycles. The van der Waals surface area contributed by atoms with Crippen LogP contribution < -0.4 is 20.3 Å². The van der Waals surface area contributed by atoms with Gasteiger partial charge in [0.25, 0.3) is 5.56 Å². The Morgan fingerprint density at radius 3 is 2.63 bits per heavy atom. The molecule has 3 aromatic carbocycles. The fourth-order valence-corrected chi connectivity index (χ4v) is 3.93. The van der Waals surface area contributed by atoms with Crippen LogP contribution in [0.15, 0.2) is 83.9 Å². The molecule has 0 saturated heterocycles. The van der Waals surface area contributed by atoms with Gasteiger partial charge in [0.15, 0.2) is 0 Å². The molecule has 4 rings (SSSR count). The number of nitrogens with zero attached hydrogens (tertiary/aromatic N) is 2. The average Bonchev–Trinajstić information content (AvgIpc) is 2.91. The van der Waals surface area contributed by atoms with Crippen molar-refractivity contribution in [1.29, 1.82) is 0 Å². The van der Waals surface area contributed by atoms with Crippen molar-refractivity contribution in [2.24, 2.45) is 0 Å². The summed E-state index contributed by atoms with van der Waals surface area (Å²) in [5, 5.41) is 14.7. The second kappa shape index (κ2) is 11.6. The molecule has 2 atom stereocenters. The van der Waals surface area contributed by atoms with Gasteiger partial charge >= 0.3 is 0 Å². The molecule has 0 fully saturated rings. The molecule has 1 heterocycles. The van der Waals surface area contributed by atoms with Gasteiger partial charge in [-0.3, -0.25) is 9.36 Å². The number of rotatable bonds is 11. The maximum Gasteiger partial charge on any atom is 0.261 e. The van der Waals surface area contributed by atoms with E-state index >= 15 is 0 Å². The smallest absolute Gasteiger partial charge is 0.261 e. The van der Waals surface area contributed by atoms with Crippen molar-refractivity contribution in [2.75, 3.05) is 13.7 Å². The third kappa shape index (κ3) is 6.26. The minimum absolute atomic E-state index is 0.0302. The standard InChI is InChI=1S/C28H31N3O4/c1-20(29-15-6-16-31-19-30-26-10-4-3-9-25(26)28(31)33)27(32)22-11-13-23(14-12-22)35-18-21-7-5-8-24(17-21)34-2/h3-5,7-14,17,19-20,27,29,32H,6,15-16,18H2,1-2H3. The number of hydrogen-bond acceptors (Lipinski definition) is 6. The second-order valence-electron chi connectivity index (χ2n) is 8.51. The molecule has 7 nitrogen and oxygen atoms in total. The van der Waals surface area contributed by atoms with E-state index in [0.717, 1.165) is 29.0 Å². The van der Waals surface area contributed by atoms with E-state index in [1.54, 1.807) is 24.1 Å². The maximum atomic E-state index is 12.6. The molecular weight excluding hydrogens is 442 g/mol. The predicted molar refractivity (Wildman–Crippen MR) is 137 cm³/mol. The van der Waals surface area contributed by atoms with E-state index in [0.29, 0.717) is 30.6 Å². The number of para-hydroxylation sites is 1. The highest BCUT2D eigenvalue weighted by Gasteiger charge is 2.16. The summed E-state index contributed by atoms with van der Waals surface area (Å²) >= 11 is 0. The second-order valence-corrected chi connectivity index (χ2v) is 8.51. The number of aryl methyl sites for hydroxylation is 1. The van der Waals surface area contributed by atoms with Crippen LogP contribution in [0.3, 0.4) is 0 Å². The summed E-state index contributed by atoms with van der Waals surface area (Å²) in [6, 6.07) is 22.5. The van der Waals surface area contributed by atoms with Crippen LogP contribution in [0.5, 0.6) is 11.5 Å². The molecule has 0 aliphatic rings. The first kappa shape index (κ1) is 24.4. The van der Waals surface area contributed by atoms with Crippen molar-refractivity contribution in [1.82, 2.24) is 14.9 Å². The number of nitrogens with one attached hydrogen (secondary N) is 1. The Labute approximate surface area is 205 Å². The first-order chi connectivity index (χ1) is 17.0. The summed E-state index contributed by atoms with van der Waals surface area (Å²) < 4.78 is 12.7. The number of benzene rings is 3. The van der Waals surface area contributed by atoms with Gasteiger partial charge in [0.05, 0.1) is 30.4 Å². The largest absolute Gasteiger partial charge is 0.497 e. The number of hydrogen-bond donors (Lipinski definition) is 2. The molecule has 0 saturated carbocycles. The molecule has 0 radical (unpaired) electrons. The van der Waals surface area contributed by atoms with E-state index < -0.39 is 6.10 Å². The normalized spacial score (nSPS) is 12.9. The van der Waals surface area contributed by atoms with E-state index in [-0.39, 0.29) is 11.6 Å². The van der Waals surface area contributed by atoms with Gasteiger partial charge in [-0.1, -0.05) is 36.4 Å². The average molecular weight is 474 g/mol. The number of methoxy groups -OCH3 is 1. The zero-order valence-electron chi connectivity index (χ0n) is 20.1. The minimum atomic E-state index is -0.660. The highest BCUT2D eigenvalue weighted by molar-refractivity contribution is 5.76. The lowest BCUT2D eigenvalue weighted by Crippen LogP contribution is -2.33. The molecule has 0 amide bonds. The molecule has 1 aromatic heterocycles. The van der Waals surface area contributed by atoms with Gasteiger partial charge in [0, 0.05) is 12.6 Å². The Morgan fingerprint density at radius 1 is 1.03 bits per heavy atom. The SMILES string of the molecule is COc1cccc(COc2ccc(C(O)C(C)NCCCn3cnc4ccccc4c3=O)cc2)c1. The Balaban J connectivity index is 1.24. The van der Waals surface area contributed by atoms with Gasteiger partial charge in [-0.15, -0.1) is 0 Å². The molecule has 0 spiro atoms. The fourth-order valence-electron chi connectivity index (χ4n) is 3.93. The van der Waals surface area contributed by atoms with Gasteiger partial charge in [-0.2, -0.15) is 0 Å². The van der Waals surface area contributed by atoms with Crippen LogP contribution in [0.1, 0.15) is 30.6 Å². The Hall–Kier alpha value is -3.68. The van der Waals surface area contributed by atoms with Crippen LogP contribution in [-0.2, 0) is 13.2 Å². The summed E-state index contributed by atoms with van der Waals surface area (Å²) in [6.45, 7) is 3.61. The molecule has 2 unspecified atom stereocenters. The summed E-state index contributed by atoms with van der Waals surface area (Å²) in [4.78, 5) is 16.9. The zero-order chi connectivity index (χ0) is 24.6. The summed E-state index contributed by atoms with van der Waals surface area (Å²) in [5.41, 5.74) is 2.51. The van der Waals surface area contributed by atoms with E-state index in [4.69, 9.17) is 9.47 Å². The topological polar surface area (TPSA) is 85.6 Å². The monoisotopic (exact) mass is 473 g/mol. The Morgan fingerprint density at radius 2 is 1.83 bits per heavy atom. The maximum absolute atomic E-state index is 12.6. The Kier molecular flexibility index (Phi) is 8.13. The van der Waals surface area contributed by atoms with Gasteiger partial charge in [-0.05, 0) is 67.4 Å². The molecule has 182 valence electrons. The van der Waals surface area contributed by atoms with E-state index in [9.17, 15) is 9.90 Å². The number of aliphatic hydroxyl groups is 1. The Bertz CT molecular complexity index is 1300. The van der Waals surface area contributed by atoms with Crippen molar-refractivity contribution >= 4 is 10.9 Å².